The lowest BCUT2D eigenvalue weighted by Gasteiger charge is -2.22. The van der Waals surface area contributed by atoms with E-state index in [4.69, 9.17) is 23.7 Å². The minimum absolute atomic E-state index is 0.146. The summed E-state index contributed by atoms with van der Waals surface area (Å²) in [6.45, 7) is 11.2. The van der Waals surface area contributed by atoms with Crippen molar-refractivity contribution in [1.29, 1.82) is 0 Å². The van der Waals surface area contributed by atoms with Gasteiger partial charge in [-0.3, -0.25) is 9.59 Å². The number of carbonyl (C=O) groups excluding carboxylic acids is 2. The van der Waals surface area contributed by atoms with Gasteiger partial charge in [0.2, 0.25) is 0 Å². The van der Waals surface area contributed by atoms with Crippen molar-refractivity contribution in [2.24, 2.45) is 5.92 Å². The van der Waals surface area contributed by atoms with Crippen LogP contribution in [0.2, 0.25) is 0 Å². The van der Waals surface area contributed by atoms with E-state index in [1.165, 1.54) is 0 Å². The number of hydrogen-bond donors (Lipinski definition) is 0. The minimum atomic E-state index is -0.910. The highest BCUT2D eigenvalue weighted by molar-refractivity contribution is 5.99. The third-order valence-corrected chi connectivity index (χ3v) is 3.42. The third-order valence-electron chi connectivity index (χ3n) is 3.42. The lowest BCUT2D eigenvalue weighted by molar-refractivity contribution is -0.169. The fourth-order valence-corrected chi connectivity index (χ4v) is 2.37. The zero-order valence-electron chi connectivity index (χ0n) is 16.2. The number of ether oxygens (including phenoxy) is 5. The molecular formula is C18H34O7. The summed E-state index contributed by atoms with van der Waals surface area (Å²) in [7, 11) is 0. The van der Waals surface area contributed by atoms with Crippen molar-refractivity contribution in [2.45, 2.75) is 66.5 Å². The molecule has 25 heavy (non-hydrogen) atoms. The van der Waals surface area contributed by atoms with Crippen LogP contribution in [0, 0.1) is 5.92 Å². The second-order valence-corrected chi connectivity index (χ2v) is 5.23. The smallest absolute Gasteiger partial charge is 0.316 e. The Labute approximate surface area is 151 Å². The lowest BCUT2D eigenvalue weighted by atomic mass is 9.96. The van der Waals surface area contributed by atoms with Crippen molar-refractivity contribution in [2.75, 3.05) is 33.0 Å². The van der Waals surface area contributed by atoms with Gasteiger partial charge >= 0.3 is 5.97 Å². The fraction of sp³-hybridized carbons (Fsp3) is 0.889. The number of esters is 1. The molecule has 0 aromatic heterocycles. The topological polar surface area (TPSA) is 80.3 Å². The molecule has 0 heterocycles. The summed E-state index contributed by atoms with van der Waals surface area (Å²) in [6, 6.07) is 0. The Morgan fingerprint density at radius 1 is 0.720 bits per heavy atom. The maximum Gasteiger partial charge on any atom is 0.316 e. The molecule has 0 fully saturated rings. The summed E-state index contributed by atoms with van der Waals surface area (Å²) in [6.07, 6.45) is -0.351. The Hall–Kier alpha value is -1.02. The molecular weight excluding hydrogens is 328 g/mol. The van der Waals surface area contributed by atoms with Crippen molar-refractivity contribution in [3.05, 3.63) is 0 Å². The van der Waals surface area contributed by atoms with Crippen LogP contribution in [0.3, 0.4) is 0 Å². The van der Waals surface area contributed by atoms with E-state index < -0.39 is 24.5 Å². The van der Waals surface area contributed by atoms with Gasteiger partial charge in [-0.05, 0) is 34.6 Å². The van der Waals surface area contributed by atoms with Gasteiger partial charge in [-0.2, -0.15) is 0 Å². The monoisotopic (exact) mass is 362 g/mol. The second kappa shape index (κ2) is 15.3. The van der Waals surface area contributed by atoms with Gasteiger partial charge in [-0.1, -0.05) is 0 Å². The first kappa shape index (κ1) is 24.0. The number of rotatable bonds is 16. The zero-order chi connectivity index (χ0) is 19.1. The maximum atomic E-state index is 12.6. The van der Waals surface area contributed by atoms with Crippen molar-refractivity contribution in [1.82, 2.24) is 0 Å². The van der Waals surface area contributed by atoms with E-state index in [0.717, 1.165) is 0 Å². The number of ketones is 1. The second-order valence-electron chi connectivity index (χ2n) is 5.23. The third kappa shape index (κ3) is 10.5. The molecule has 0 saturated carbocycles. The van der Waals surface area contributed by atoms with Crippen molar-refractivity contribution in [3.63, 3.8) is 0 Å². The summed E-state index contributed by atoms with van der Waals surface area (Å²) >= 11 is 0. The molecule has 0 amide bonds. The van der Waals surface area contributed by atoms with Gasteiger partial charge in [-0.15, -0.1) is 0 Å². The van der Waals surface area contributed by atoms with E-state index in [1.54, 1.807) is 6.92 Å². The van der Waals surface area contributed by atoms with Gasteiger partial charge in [0.1, 0.15) is 11.7 Å². The first-order valence-corrected chi connectivity index (χ1v) is 9.19. The van der Waals surface area contributed by atoms with E-state index in [9.17, 15) is 9.59 Å². The van der Waals surface area contributed by atoms with E-state index >= 15 is 0 Å². The molecule has 0 aromatic rings. The molecule has 148 valence electrons. The van der Waals surface area contributed by atoms with Crippen LogP contribution in [0.5, 0.6) is 0 Å². The first-order chi connectivity index (χ1) is 12.0. The van der Waals surface area contributed by atoms with Crippen LogP contribution in [-0.4, -0.2) is 57.4 Å². The summed E-state index contributed by atoms with van der Waals surface area (Å²) in [4.78, 5) is 24.8. The standard InChI is InChI=1S/C18H34O7/c1-6-21-16(22-7-2)12-11-15(19)14(18(20)25-10-5)13-17(23-8-3)24-9-4/h14,16-17H,6-13H2,1-5H3. The molecule has 0 N–H and O–H groups in total. The molecule has 7 nitrogen and oxygen atoms in total. The highest BCUT2D eigenvalue weighted by Gasteiger charge is 2.31. The summed E-state index contributed by atoms with van der Waals surface area (Å²) in [5.74, 6) is -1.67. The average molecular weight is 362 g/mol. The predicted molar refractivity (Wildman–Crippen MR) is 93.1 cm³/mol. The Morgan fingerprint density at radius 3 is 1.64 bits per heavy atom. The molecule has 1 atom stereocenters. The molecule has 0 aromatic carbocycles. The Balaban J connectivity index is 4.87. The summed E-state index contributed by atoms with van der Waals surface area (Å²) < 4.78 is 26.9. The van der Waals surface area contributed by atoms with Crippen LogP contribution in [-0.2, 0) is 33.3 Å². The van der Waals surface area contributed by atoms with Crippen LogP contribution in [0.1, 0.15) is 53.9 Å². The first-order valence-electron chi connectivity index (χ1n) is 9.19. The Kier molecular flexibility index (Phi) is 14.6. The van der Waals surface area contributed by atoms with Crippen LogP contribution in [0.4, 0.5) is 0 Å². The largest absolute Gasteiger partial charge is 0.465 e. The van der Waals surface area contributed by atoms with Gasteiger partial charge in [0.25, 0.3) is 0 Å². The van der Waals surface area contributed by atoms with Gasteiger partial charge in [-0.25, -0.2) is 0 Å². The fourth-order valence-electron chi connectivity index (χ4n) is 2.37. The van der Waals surface area contributed by atoms with Crippen molar-refractivity contribution < 1.29 is 33.3 Å². The highest BCUT2D eigenvalue weighted by atomic mass is 16.7. The van der Waals surface area contributed by atoms with E-state index in [1.807, 2.05) is 27.7 Å². The maximum absolute atomic E-state index is 12.6. The molecule has 0 aliphatic rings. The van der Waals surface area contributed by atoms with E-state index in [0.29, 0.717) is 32.8 Å². The quantitative estimate of drug-likeness (QED) is 0.237. The van der Waals surface area contributed by atoms with Crippen molar-refractivity contribution >= 4 is 11.8 Å². The molecule has 0 radical (unpaired) electrons. The van der Waals surface area contributed by atoms with Crippen LogP contribution >= 0.6 is 0 Å². The zero-order valence-corrected chi connectivity index (χ0v) is 16.2. The van der Waals surface area contributed by atoms with E-state index in [-0.39, 0.29) is 25.2 Å². The number of carbonyl (C=O) groups is 2. The molecule has 0 aliphatic carbocycles. The van der Waals surface area contributed by atoms with Gasteiger partial charge in [0.05, 0.1) is 6.61 Å². The molecule has 7 heteroatoms. The van der Waals surface area contributed by atoms with Gasteiger partial charge < -0.3 is 23.7 Å². The van der Waals surface area contributed by atoms with Crippen LogP contribution < -0.4 is 0 Å². The van der Waals surface area contributed by atoms with Crippen LogP contribution in [0.15, 0.2) is 0 Å². The molecule has 0 rings (SSSR count). The highest BCUT2D eigenvalue weighted by Crippen LogP contribution is 2.18. The van der Waals surface area contributed by atoms with Crippen molar-refractivity contribution in [3.8, 4) is 0 Å². The van der Waals surface area contributed by atoms with E-state index in [2.05, 4.69) is 0 Å². The normalized spacial score (nSPS) is 12.6. The Bertz CT molecular complexity index is 347. The molecule has 0 saturated heterocycles. The van der Waals surface area contributed by atoms with Gasteiger partial charge in [0.15, 0.2) is 12.6 Å². The molecule has 1 unspecified atom stereocenters. The molecule has 0 aliphatic heterocycles. The minimum Gasteiger partial charge on any atom is -0.465 e. The van der Waals surface area contributed by atoms with Crippen LogP contribution in [0.25, 0.3) is 0 Å². The molecule has 0 spiro atoms. The summed E-state index contributed by atoms with van der Waals surface area (Å²) in [5, 5.41) is 0. The average Bonchev–Trinajstić information content (AvgIpc) is 2.58. The van der Waals surface area contributed by atoms with Gasteiger partial charge in [0, 0.05) is 45.7 Å². The Morgan fingerprint density at radius 2 is 1.20 bits per heavy atom. The lowest BCUT2D eigenvalue weighted by Crippen LogP contribution is -2.33. The SMILES string of the molecule is CCOC(=O)C(CC(OCC)OCC)C(=O)CCC(OCC)OCC. The molecule has 0 bridgehead atoms. The summed E-state index contributed by atoms with van der Waals surface area (Å²) in [5.41, 5.74) is 0. The predicted octanol–water partition coefficient (Wildman–Crippen LogP) is 2.70. The number of hydrogen-bond acceptors (Lipinski definition) is 7. The number of Topliss-reactive ketones (excluding diaryl/α,β-unsaturated/α-hetero) is 1.